The van der Waals surface area contributed by atoms with Gasteiger partial charge in [0.05, 0.1) is 7.11 Å². The fourth-order valence-electron chi connectivity index (χ4n) is 3.62. The second-order valence-corrected chi connectivity index (χ2v) is 6.70. The minimum absolute atomic E-state index is 0.0609. The molecule has 1 saturated heterocycles. The average molecular weight is 338 g/mol. The van der Waals surface area contributed by atoms with E-state index in [9.17, 15) is 4.79 Å². The third kappa shape index (κ3) is 3.69. The molecule has 0 aromatic heterocycles. The first-order valence-corrected chi connectivity index (χ1v) is 8.92. The van der Waals surface area contributed by atoms with Crippen molar-refractivity contribution >= 4 is 5.91 Å². The minimum atomic E-state index is 0.0609. The number of likely N-dealkylation sites (tertiary alicyclic amines) is 1. The van der Waals surface area contributed by atoms with E-state index in [0.717, 1.165) is 36.3 Å². The molecular weight excluding hydrogens is 312 g/mol. The highest BCUT2D eigenvalue weighted by atomic mass is 16.5. The van der Waals surface area contributed by atoms with E-state index in [1.165, 1.54) is 0 Å². The quantitative estimate of drug-likeness (QED) is 0.907. The van der Waals surface area contributed by atoms with E-state index in [1.54, 1.807) is 7.11 Å². The van der Waals surface area contributed by atoms with Gasteiger partial charge in [0, 0.05) is 30.3 Å². The molecule has 1 aliphatic rings. The van der Waals surface area contributed by atoms with E-state index in [-0.39, 0.29) is 11.9 Å². The molecule has 0 bridgehead atoms. The number of methoxy groups -OCH3 is 1. The normalized spacial score (nSPS) is 19.9. The summed E-state index contributed by atoms with van der Waals surface area (Å²) in [6, 6.07) is 15.7. The summed E-state index contributed by atoms with van der Waals surface area (Å²) in [5.41, 5.74) is 8.89. The van der Waals surface area contributed by atoms with Crippen LogP contribution in [0.2, 0.25) is 0 Å². The number of hydrogen-bond acceptors (Lipinski definition) is 3. The number of nitrogens with zero attached hydrogens (tertiary/aromatic N) is 1. The van der Waals surface area contributed by atoms with Gasteiger partial charge < -0.3 is 15.4 Å². The Balaban J connectivity index is 1.83. The van der Waals surface area contributed by atoms with Crippen LogP contribution in [0.1, 0.15) is 30.1 Å². The molecule has 3 rings (SSSR count). The van der Waals surface area contributed by atoms with Crippen LogP contribution in [-0.2, 0) is 0 Å². The van der Waals surface area contributed by atoms with Crippen molar-refractivity contribution in [3.05, 3.63) is 54.1 Å². The molecule has 4 heteroatoms. The van der Waals surface area contributed by atoms with E-state index in [0.29, 0.717) is 18.0 Å². The molecule has 1 amide bonds. The van der Waals surface area contributed by atoms with Gasteiger partial charge >= 0.3 is 0 Å². The summed E-state index contributed by atoms with van der Waals surface area (Å²) in [6.07, 6.45) is 2.18. The van der Waals surface area contributed by atoms with Gasteiger partial charge in [-0.25, -0.2) is 0 Å². The number of carbonyl (C=O) groups excluding carboxylic acids is 1. The van der Waals surface area contributed by atoms with Crippen LogP contribution < -0.4 is 10.5 Å². The minimum Gasteiger partial charge on any atom is -0.496 e. The van der Waals surface area contributed by atoms with Crippen molar-refractivity contribution in [2.24, 2.45) is 11.7 Å². The number of nitrogens with two attached hydrogens (primary N) is 1. The van der Waals surface area contributed by atoms with Crippen molar-refractivity contribution in [3.8, 4) is 16.9 Å². The lowest BCUT2D eigenvalue weighted by Crippen LogP contribution is -2.32. The van der Waals surface area contributed by atoms with Crippen molar-refractivity contribution < 1.29 is 9.53 Å². The molecule has 0 aliphatic carbocycles. The maximum Gasteiger partial charge on any atom is 0.253 e. The van der Waals surface area contributed by atoms with E-state index >= 15 is 0 Å². The van der Waals surface area contributed by atoms with Gasteiger partial charge in [0.1, 0.15) is 5.75 Å². The molecule has 4 nitrogen and oxygen atoms in total. The van der Waals surface area contributed by atoms with Crippen LogP contribution in [0.3, 0.4) is 0 Å². The SMILES string of the molecule is CCC[C@H]1CN(C(=O)c2cccc(-c3ccccc3OC)c2)C[C@@H]1N. The first-order chi connectivity index (χ1) is 12.1. The summed E-state index contributed by atoms with van der Waals surface area (Å²) >= 11 is 0. The molecule has 1 heterocycles. The van der Waals surface area contributed by atoms with Gasteiger partial charge in [-0.05, 0) is 36.1 Å². The zero-order valence-electron chi connectivity index (χ0n) is 14.9. The Labute approximate surface area is 149 Å². The van der Waals surface area contributed by atoms with Crippen LogP contribution in [0.4, 0.5) is 0 Å². The van der Waals surface area contributed by atoms with Crippen molar-refractivity contribution in [2.75, 3.05) is 20.2 Å². The Kier molecular flexibility index (Phi) is 5.39. The Hall–Kier alpha value is -2.33. The fourth-order valence-corrected chi connectivity index (χ4v) is 3.62. The van der Waals surface area contributed by atoms with Crippen molar-refractivity contribution in [1.82, 2.24) is 4.90 Å². The van der Waals surface area contributed by atoms with E-state index < -0.39 is 0 Å². The Morgan fingerprint density at radius 3 is 2.76 bits per heavy atom. The van der Waals surface area contributed by atoms with Crippen molar-refractivity contribution in [1.29, 1.82) is 0 Å². The largest absolute Gasteiger partial charge is 0.496 e. The Bertz CT molecular complexity index is 744. The number of benzene rings is 2. The lowest BCUT2D eigenvalue weighted by molar-refractivity contribution is 0.0785. The van der Waals surface area contributed by atoms with Gasteiger partial charge in [0.15, 0.2) is 0 Å². The zero-order valence-corrected chi connectivity index (χ0v) is 14.9. The zero-order chi connectivity index (χ0) is 17.8. The first-order valence-electron chi connectivity index (χ1n) is 8.92. The predicted molar refractivity (Wildman–Crippen MR) is 101 cm³/mol. The van der Waals surface area contributed by atoms with Gasteiger partial charge in [-0.1, -0.05) is 43.7 Å². The molecule has 2 N–H and O–H groups in total. The number of amides is 1. The van der Waals surface area contributed by atoms with E-state index in [1.807, 2.05) is 53.4 Å². The standard InChI is InChI=1S/C21H26N2O2/c1-3-7-17-13-23(14-19(17)22)21(24)16-9-6-8-15(12-16)18-10-4-5-11-20(18)25-2/h4-6,8-12,17,19H,3,7,13-14,22H2,1-2H3/t17-,19-/m0/s1. The third-order valence-electron chi connectivity index (χ3n) is 4.97. The number of para-hydroxylation sites is 1. The van der Waals surface area contributed by atoms with Gasteiger partial charge in [-0.2, -0.15) is 0 Å². The number of rotatable bonds is 5. The second kappa shape index (κ2) is 7.70. The lowest BCUT2D eigenvalue weighted by atomic mass is 9.99. The fraction of sp³-hybridized carbons (Fsp3) is 0.381. The highest BCUT2D eigenvalue weighted by Crippen LogP contribution is 2.30. The topological polar surface area (TPSA) is 55.6 Å². The first kappa shape index (κ1) is 17.5. The van der Waals surface area contributed by atoms with Crippen molar-refractivity contribution in [3.63, 3.8) is 0 Å². The number of ether oxygens (including phenoxy) is 1. The molecule has 1 fully saturated rings. The van der Waals surface area contributed by atoms with Crippen LogP contribution in [0.15, 0.2) is 48.5 Å². The molecule has 2 aromatic carbocycles. The van der Waals surface area contributed by atoms with Crippen LogP contribution in [0, 0.1) is 5.92 Å². The molecule has 132 valence electrons. The molecule has 0 unspecified atom stereocenters. The summed E-state index contributed by atoms with van der Waals surface area (Å²) in [5.74, 6) is 1.27. The van der Waals surface area contributed by atoms with E-state index in [4.69, 9.17) is 10.5 Å². The molecule has 25 heavy (non-hydrogen) atoms. The second-order valence-electron chi connectivity index (χ2n) is 6.70. The van der Waals surface area contributed by atoms with Gasteiger partial charge in [-0.15, -0.1) is 0 Å². The summed E-state index contributed by atoms with van der Waals surface area (Å²) in [5, 5.41) is 0. The number of carbonyl (C=O) groups is 1. The third-order valence-corrected chi connectivity index (χ3v) is 4.97. The smallest absolute Gasteiger partial charge is 0.253 e. The van der Waals surface area contributed by atoms with Crippen molar-refractivity contribution in [2.45, 2.75) is 25.8 Å². The molecule has 2 atom stereocenters. The maximum absolute atomic E-state index is 12.9. The lowest BCUT2D eigenvalue weighted by Gasteiger charge is -2.17. The molecule has 1 aliphatic heterocycles. The van der Waals surface area contributed by atoms with Gasteiger partial charge in [0.25, 0.3) is 5.91 Å². The highest BCUT2D eigenvalue weighted by molar-refractivity contribution is 5.96. The van der Waals surface area contributed by atoms with Crippen LogP contribution >= 0.6 is 0 Å². The molecule has 0 radical (unpaired) electrons. The average Bonchev–Trinajstić information content (AvgIpc) is 3.02. The highest BCUT2D eigenvalue weighted by Gasteiger charge is 2.32. The summed E-state index contributed by atoms with van der Waals surface area (Å²) < 4.78 is 5.44. The Morgan fingerprint density at radius 2 is 2.00 bits per heavy atom. The van der Waals surface area contributed by atoms with Gasteiger partial charge in [-0.3, -0.25) is 4.79 Å². The van der Waals surface area contributed by atoms with Crippen LogP contribution in [0.5, 0.6) is 5.75 Å². The summed E-state index contributed by atoms with van der Waals surface area (Å²) in [6.45, 7) is 3.56. The summed E-state index contributed by atoms with van der Waals surface area (Å²) in [7, 11) is 1.66. The molecule has 0 spiro atoms. The summed E-state index contributed by atoms with van der Waals surface area (Å²) in [4.78, 5) is 14.8. The molecule has 2 aromatic rings. The monoisotopic (exact) mass is 338 g/mol. The molecular formula is C21H26N2O2. The van der Waals surface area contributed by atoms with Crippen LogP contribution in [0.25, 0.3) is 11.1 Å². The van der Waals surface area contributed by atoms with Crippen LogP contribution in [-0.4, -0.2) is 37.0 Å². The number of hydrogen-bond donors (Lipinski definition) is 1. The maximum atomic E-state index is 12.9. The van der Waals surface area contributed by atoms with Gasteiger partial charge in [0.2, 0.25) is 0 Å². The van der Waals surface area contributed by atoms with E-state index in [2.05, 4.69) is 6.92 Å². The Morgan fingerprint density at radius 1 is 1.20 bits per heavy atom. The predicted octanol–water partition coefficient (Wildman–Crippen LogP) is 3.56. The molecule has 0 saturated carbocycles.